The molecule has 1 aromatic heterocycles. The summed E-state index contributed by atoms with van der Waals surface area (Å²) in [5.41, 5.74) is 7.01. The van der Waals surface area contributed by atoms with E-state index in [0.29, 0.717) is 12.3 Å². The summed E-state index contributed by atoms with van der Waals surface area (Å²) in [7, 11) is 0. The molecule has 0 saturated carbocycles. The summed E-state index contributed by atoms with van der Waals surface area (Å²) >= 11 is 0. The monoisotopic (exact) mass is 315 g/mol. The van der Waals surface area contributed by atoms with Crippen molar-refractivity contribution in [2.24, 2.45) is 11.7 Å². The van der Waals surface area contributed by atoms with Crippen LogP contribution >= 0.6 is 0 Å². The lowest BCUT2D eigenvalue weighted by atomic mass is 10.1. The van der Waals surface area contributed by atoms with E-state index < -0.39 is 5.91 Å². The predicted molar refractivity (Wildman–Crippen MR) is 85.9 cm³/mol. The maximum absolute atomic E-state index is 11.8. The van der Waals surface area contributed by atoms with Crippen LogP contribution in [0.5, 0.6) is 0 Å². The number of nitrogens with one attached hydrogen (secondary N) is 1. The van der Waals surface area contributed by atoms with Crippen LogP contribution in [0.1, 0.15) is 49.3 Å². The summed E-state index contributed by atoms with van der Waals surface area (Å²) in [5, 5.41) is 10.5. The van der Waals surface area contributed by atoms with Crippen LogP contribution in [0.25, 0.3) is 5.69 Å². The fraction of sp³-hybridized carbons (Fsp3) is 0.375. The van der Waals surface area contributed by atoms with Crippen molar-refractivity contribution in [3.8, 4) is 5.69 Å². The number of hydrogen-bond acceptors (Lipinski definition) is 4. The first-order valence-electron chi connectivity index (χ1n) is 7.48. The molecule has 7 nitrogen and oxygen atoms in total. The zero-order chi connectivity index (χ0) is 17.0. The molecule has 0 spiro atoms. The third-order valence-electron chi connectivity index (χ3n) is 3.37. The highest BCUT2D eigenvalue weighted by Gasteiger charge is 2.12. The molecule has 0 saturated heterocycles. The number of amides is 2. The van der Waals surface area contributed by atoms with Gasteiger partial charge in [0.05, 0.1) is 17.9 Å². The molecule has 23 heavy (non-hydrogen) atoms. The van der Waals surface area contributed by atoms with Crippen molar-refractivity contribution in [2.45, 2.75) is 33.2 Å². The van der Waals surface area contributed by atoms with Crippen LogP contribution in [0.3, 0.4) is 0 Å². The van der Waals surface area contributed by atoms with E-state index in [9.17, 15) is 9.59 Å². The van der Waals surface area contributed by atoms with E-state index >= 15 is 0 Å². The van der Waals surface area contributed by atoms with Gasteiger partial charge in [-0.15, -0.1) is 5.10 Å². The van der Waals surface area contributed by atoms with Crippen LogP contribution in [0.4, 0.5) is 0 Å². The Morgan fingerprint density at radius 3 is 2.39 bits per heavy atom. The zero-order valence-corrected chi connectivity index (χ0v) is 13.5. The molecular formula is C16H21N5O2. The Hall–Kier alpha value is -2.70. The first-order chi connectivity index (χ1) is 10.9. The van der Waals surface area contributed by atoms with E-state index in [-0.39, 0.29) is 17.6 Å². The number of aromatic nitrogens is 3. The highest BCUT2D eigenvalue weighted by atomic mass is 16.2. The van der Waals surface area contributed by atoms with Crippen LogP contribution in [-0.4, -0.2) is 26.8 Å². The van der Waals surface area contributed by atoms with E-state index in [1.165, 1.54) is 10.9 Å². The van der Waals surface area contributed by atoms with Crippen LogP contribution in [0, 0.1) is 5.92 Å². The average Bonchev–Trinajstić information content (AvgIpc) is 2.96. The van der Waals surface area contributed by atoms with E-state index in [0.717, 1.165) is 11.3 Å². The largest absolute Gasteiger partial charge is 0.364 e. The number of nitrogens with two attached hydrogens (primary N) is 1. The van der Waals surface area contributed by atoms with Crippen molar-refractivity contribution >= 4 is 11.8 Å². The summed E-state index contributed by atoms with van der Waals surface area (Å²) in [6, 6.07) is 7.43. The van der Waals surface area contributed by atoms with Crippen molar-refractivity contribution in [3.63, 3.8) is 0 Å². The molecule has 0 fully saturated rings. The second-order valence-corrected chi connectivity index (χ2v) is 5.89. The maximum atomic E-state index is 11.8. The molecule has 122 valence electrons. The van der Waals surface area contributed by atoms with Crippen LogP contribution in [0.2, 0.25) is 0 Å². The van der Waals surface area contributed by atoms with Crippen LogP contribution < -0.4 is 11.1 Å². The first kappa shape index (κ1) is 16.7. The summed E-state index contributed by atoms with van der Waals surface area (Å²) in [6.45, 7) is 5.96. The Morgan fingerprint density at radius 2 is 1.87 bits per heavy atom. The van der Waals surface area contributed by atoms with Gasteiger partial charge in [0.2, 0.25) is 5.91 Å². The highest BCUT2D eigenvalue weighted by molar-refractivity contribution is 5.90. The van der Waals surface area contributed by atoms with Gasteiger partial charge in [0.1, 0.15) is 0 Å². The Morgan fingerprint density at radius 1 is 1.22 bits per heavy atom. The van der Waals surface area contributed by atoms with Crippen molar-refractivity contribution in [1.82, 2.24) is 20.3 Å². The predicted octanol–water partition coefficient (Wildman–Crippen LogP) is 1.59. The van der Waals surface area contributed by atoms with Crippen molar-refractivity contribution in [1.29, 1.82) is 0 Å². The fourth-order valence-corrected chi connectivity index (χ4v) is 2.17. The summed E-state index contributed by atoms with van der Waals surface area (Å²) in [6.07, 6.45) is 1.99. The van der Waals surface area contributed by atoms with Gasteiger partial charge in [0, 0.05) is 6.42 Å². The van der Waals surface area contributed by atoms with E-state index in [1.807, 2.05) is 45.0 Å². The number of benzene rings is 1. The molecule has 1 heterocycles. The Balaban J connectivity index is 2.06. The van der Waals surface area contributed by atoms with Crippen molar-refractivity contribution in [2.75, 3.05) is 0 Å². The smallest absolute Gasteiger partial charge is 0.270 e. The molecule has 1 aromatic carbocycles. The van der Waals surface area contributed by atoms with Gasteiger partial charge < -0.3 is 11.1 Å². The third-order valence-corrected chi connectivity index (χ3v) is 3.37. The molecule has 7 heteroatoms. The molecule has 2 rings (SSSR count). The standard InChI is InChI=1S/C16H21N5O2/c1-10(2)8-15(22)18-11(3)12-4-6-13(7-5-12)21-9-14(16(17)23)19-20-21/h4-7,9-11H,8H2,1-3H3,(H2,17,23)(H,18,22)/t11-/m1/s1. The summed E-state index contributed by atoms with van der Waals surface area (Å²) in [5.74, 6) is -0.246. The van der Waals surface area contributed by atoms with Gasteiger partial charge in [-0.3, -0.25) is 9.59 Å². The molecule has 0 radical (unpaired) electrons. The second-order valence-electron chi connectivity index (χ2n) is 5.89. The zero-order valence-electron chi connectivity index (χ0n) is 13.5. The molecule has 2 aromatic rings. The quantitative estimate of drug-likeness (QED) is 0.844. The minimum absolute atomic E-state index is 0.0407. The fourth-order valence-electron chi connectivity index (χ4n) is 2.17. The average molecular weight is 315 g/mol. The Labute approximate surface area is 134 Å². The summed E-state index contributed by atoms with van der Waals surface area (Å²) in [4.78, 5) is 22.8. The lowest BCUT2D eigenvalue weighted by molar-refractivity contribution is -0.122. The second kappa shape index (κ2) is 7.04. The SMILES string of the molecule is CC(C)CC(=O)N[C@H](C)c1ccc(-n2cc(C(N)=O)nn2)cc1. The number of nitrogens with zero attached hydrogens (tertiary/aromatic N) is 3. The van der Waals surface area contributed by atoms with Crippen LogP contribution in [0.15, 0.2) is 30.5 Å². The molecule has 0 bridgehead atoms. The van der Waals surface area contributed by atoms with E-state index in [4.69, 9.17) is 5.73 Å². The lowest BCUT2D eigenvalue weighted by Crippen LogP contribution is -2.27. The van der Waals surface area contributed by atoms with Gasteiger partial charge in [-0.05, 0) is 30.5 Å². The molecule has 0 aliphatic rings. The normalized spacial score (nSPS) is 12.2. The Bertz CT molecular complexity index is 691. The number of rotatable bonds is 6. The van der Waals surface area contributed by atoms with Gasteiger partial charge in [0.25, 0.3) is 5.91 Å². The maximum Gasteiger partial charge on any atom is 0.270 e. The Kier molecular flexibility index (Phi) is 5.10. The minimum atomic E-state index is -0.616. The van der Waals surface area contributed by atoms with E-state index in [2.05, 4.69) is 15.6 Å². The van der Waals surface area contributed by atoms with Gasteiger partial charge in [0.15, 0.2) is 5.69 Å². The number of carbonyl (C=O) groups excluding carboxylic acids is 2. The highest BCUT2D eigenvalue weighted by Crippen LogP contribution is 2.16. The van der Waals surface area contributed by atoms with Gasteiger partial charge in [-0.25, -0.2) is 4.68 Å². The summed E-state index contributed by atoms with van der Waals surface area (Å²) < 4.78 is 1.48. The molecule has 0 aliphatic carbocycles. The molecule has 2 amide bonds. The first-order valence-corrected chi connectivity index (χ1v) is 7.48. The lowest BCUT2D eigenvalue weighted by Gasteiger charge is -2.15. The van der Waals surface area contributed by atoms with Gasteiger partial charge in [-0.2, -0.15) is 0 Å². The van der Waals surface area contributed by atoms with Crippen molar-refractivity contribution in [3.05, 3.63) is 41.7 Å². The number of hydrogen-bond donors (Lipinski definition) is 2. The number of carbonyl (C=O) groups is 2. The topological polar surface area (TPSA) is 103 Å². The number of primary amides is 1. The molecule has 1 atom stereocenters. The third kappa shape index (κ3) is 4.38. The van der Waals surface area contributed by atoms with Gasteiger partial charge in [-0.1, -0.05) is 31.2 Å². The van der Waals surface area contributed by atoms with Crippen molar-refractivity contribution < 1.29 is 9.59 Å². The molecular weight excluding hydrogens is 294 g/mol. The molecule has 0 unspecified atom stereocenters. The van der Waals surface area contributed by atoms with Crippen LogP contribution in [-0.2, 0) is 4.79 Å². The molecule has 3 N–H and O–H groups in total. The van der Waals surface area contributed by atoms with Gasteiger partial charge >= 0.3 is 0 Å². The minimum Gasteiger partial charge on any atom is -0.364 e. The molecule has 0 aliphatic heterocycles. The van der Waals surface area contributed by atoms with E-state index in [1.54, 1.807) is 0 Å².